The summed E-state index contributed by atoms with van der Waals surface area (Å²) in [7, 11) is 0. The Kier molecular flexibility index (Phi) is 5.08. The molecule has 94 valence electrons. The number of nitrogens with zero attached hydrogens (tertiary/aromatic N) is 1. The van der Waals surface area contributed by atoms with E-state index in [4.69, 9.17) is 5.73 Å². The molecule has 6 heteroatoms. The van der Waals surface area contributed by atoms with E-state index in [1.165, 1.54) is 0 Å². The van der Waals surface area contributed by atoms with Gasteiger partial charge in [-0.25, -0.2) is 8.78 Å². The quantitative estimate of drug-likeness (QED) is 0.706. The molecule has 2 unspecified atom stereocenters. The molecule has 1 saturated heterocycles. The third-order valence-electron chi connectivity index (χ3n) is 2.73. The Morgan fingerprint density at radius 2 is 2.25 bits per heavy atom. The fourth-order valence-corrected chi connectivity index (χ4v) is 1.69. The maximum Gasteiger partial charge on any atom is 0.261 e. The highest BCUT2D eigenvalue weighted by molar-refractivity contribution is 5.76. The Balaban J connectivity index is 2.16. The summed E-state index contributed by atoms with van der Waals surface area (Å²) in [5.41, 5.74) is 5.78. The van der Waals surface area contributed by atoms with Crippen molar-refractivity contribution in [3.05, 3.63) is 0 Å². The van der Waals surface area contributed by atoms with Crippen LogP contribution < -0.4 is 5.73 Å². The molecule has 1 aliphatic rings. The van der Waals surface area contributed by atoms with Gasteiger partial charge in [0.1, 0.15) is 6.61 Å². The summed E-state index contributed by atoms with van der Waals surface area (Å²) in [5, 5.41) is 0. The second-order valence-corrected chi connectivity index (χ2v) is 4.16. The highest BCUT2D eigenvalue weighted by atomic mass is 19.3. The zero-order valence-corrected chi connectivity index (χ0v) is 9.36. The molecule has 2 N–H and O–H groups in total. The van der Waals surface area contributed by atoms with Crippen molar-refractivity contribution in [2.45, 2.75) is 25.8 Å². The van der Waals surface area contributed by atoms with Crippen LogP contribution in [0.2, 0.25) is 0 Å². The normalized spacial score (nSPS) is 25.4. The van der Waals surface area contributed by atoms with Crippen LogP contribution in [-0.2, 0) is 9.53 Å². The lowest BCUT2D eigenvalue weighted by molar-refractivity contribution is -0.131. The van der Waals surface area contributed by atoms with Crippen molar-refractivity contribution in [1.82, 2.24) is 4.90 Å². The molecule has 0 aromatic rings. The monoisotopic (exact) mass is 236 g/mol. The Morgan fingerprint density at radius 1 is 1.56 bits per heavy atom. The first-order valence-electron chi connectivity index (χ1n) is 5.40. The predicted molar refractivity (Wildman–Crippen MR) is 55.2 cm³/mol. The van der Waals surface area contributed by atoms with Crippen molar-refractivity contribution in [3.63, 3.8) is 0 Å². The molecule has 0 aromatic carbocycles. The molecule has 4 nitrogen and oxygen atoms in total. The first kappa shape index (κ1) is 13.3. The Hall–Kier alpha value is -0.750. The average Bonchev–Trinajstić information content (AvgIpc) is 2.54. The minimum Gasteiger partial charge on any atom is -0.375 e. The fraction of sp³-hybridized carbons (Fsp3) is 0.900. The zero-order valence-electron chi connectivity index (χ0n) is 9.36. The predicted octanol–water partition coefficient (Wildman–Crippen LogP) is 0.464. The van der Waals surface area contributed by atoms with Gasteiger partial charge >= 0.3 is 0 Å². The van der Waals surface area contributed by atoms with Gasteiger partial charge in [-0.2, -0.15) is 0 Å². The lowest BCUT2D eigenvalue weighted by Gasteiger charge is -2.15. The van der Waals surface area contributed by atoms with Crippen molar-refractivity contribution in [2.24, 2.45) is 11.7 Å². The molecule has 2 atom stereocenters. The lowest BCUT2D eigenvalue weighted by atomic mass is 10.1. The number of nitrogens with two attached hydrogens (primary N) is 1. The molecule has 1 heterocycles. The minimum absolute atomic E-state index is 0.0194. The van der Waals surface area contributed by atoms with Gasteiger partial charge in [-0.05, 0) is 5.92 Å². The van der Waals surface area contributed by atoms with Crippen molar-refractivity contribution in [1.29, 1.82) is 0 Å². The highest BCUT2D eigenvalue weighted by Gasteiger charge is 2.29. The summed E-state index contributed by atoms with van der Waals surface area (Å²) >= 11 is 0. The third kappa shape index (κ3) is 4.02. The molecular formula is C10H18F2N2O2. The van der Waals surface area contributed by atoms with E-state index >= 15 is 0 Å². The molecule has 0 bridgehead atoms. The average molecular weight is 236 g/mol. The molecule has 0 radical (unpaired) electrons. The number of ether oxygens (including phenoxy) is 1. The van der Waals surface area contributed by atoms with Crippen LogP contribution in [0.25, 0.3) is 0 Å². The number of hydrogen-bond donors (Lipinski definition) is 1. The van der Waals surface area contributed by atoms with Crippen molar-refractivity contribution in [3.8, 4) is 0 Å². The fourth-order valence-electron chi connectivity index (χ4n) is 1.69. The van der Waals surface area contributed by atoms with Crippen molar-refractivity contribution >= 4 is 5.91 Å². The molecule has 1 rings (SSSR count). The van der Waals surface area contributed by atoms with Crippen LogP contribution in [0, 0.1) is 5.92 Å². The second-order valence-electron chi connectivity index (χ2n) is 4.16. The largest absolute Gasteiger partial charge is 0.375 e. The summed E-state index contributed by atoms with van der Waals surface area (Å²) < 4.78 is 28.1. The van der Waals surface area contributed by atoms with Gasteiger partial charge < -0.3 is 15.4 Å². The van der Waals surface area contributed by atoms with Gasteiger partial charge in [0.05, 0.1) is 13.0 Å². The van der Waals surface area contributed by atoms with E-state index < -0.39 is 13.0 Å². The maximum absolute atomic E-state index is 11.7. The van der Waals surface area contributed by atoms with Gasteiger partial charge in [0, 0.05) is 19.1 Å². The van der Waals surface area contributed by atoms with Gasteiger partial charge in [0.15, 0.2) is 0 Å². The van der Waals surface area contributed by atoms with E-state index in [0.717, 1.165) is 0 Å². The minimum atomic E-state index is -2.48. The number of amides is 1. The molecule has 1 fully saturated rings. The Labute approximate surface area is 93.7 Å². The summed E-state index contributed by atoms with van der Waals surface area (Å²) in [6.45, 7) is 2.63. The van der Waals surface area contributed by atoms with Crippen LogP contribution >= 0.6 is 0 Å². The van der Waals surface area contributed by atoms with E-state index in [9.17, 15) is 13.6 Å². The molecule has 0 spiro atoms. The number of rotatable bonds is 5. The smallest absolute Gasteiger partial charge is 0.261 e. The van der Waals surface area contributed by atoms with E-state index in [0.29, 0.717) is 19.0 Å². The molecule has 1 aliphatic heterocycles. The number of carbonyl (C=O) groups excluding carboxylic acids is 1. The number of likely N-dealkylation sites (tertiary alicyclic amines) is 1. The van der Waals surface area contributed by atoms with Crippen LogP contribution in [-0.4, -0.2) is 49.6 Å². The van der Waals surface area contributed by atoms with E-state index in [-0.39, 0.29) is 25.0 Å². The summed E-state index contributed by atoms with van der Waals surface area (Å²) in [6, 6.07) is 0.0194. The second kappa shape index (κ2) is 6.10. The molecular weight excluding hydrogens is 218 g/mol. The number of carbonyl (C=O) groups is 1. The topological polar surface area (TPSA) is 55.6 Å². The van der Waals surface area contributed by atoms with Crippen LogP contribution in [0.5, 0.6) is 0 Å². The van der Waals surface area contributed by atoms with E-state index in [1.54, 1.807) is 4.90 Å². The standard InChI is InChI=1S/C10H18F2N2O2/c1-7-4-14(5-8(7)13)10(15)2-3-16-6-9(11)12/h7-9H,2-6,13H2,1H3. The van der Waals surface area contributed by atoms with Gasteiger partial charge in [-0.3, -0.25) is 4.79 Å². The SMILES string of the molecule is CC1CN(C(=O)CCOCC(F)F)CC1N. The molecule has 0 saturated carbocycles. The molecule has 1 amide bonds. The first-order chi connectivity index (χ1) is 7.50. The summed E-state index contributed by atoms with van der Waals surface area (Å²) in [6.07, 6.45) is -2.33. The van der Waals surface area contributed by atoms with Crippen LogP contribution in [0.1, 0.15) is 13.3 Å². The van der Waals surface area contributed by atoms with Crippen LogP contribution in [0.4, 0.5) is 8.78 Å². The van der Waals surface area contributed by atoms with Crippen molar-refractivity contribution in [2.75, 3.05) is 26.3 Å². The van der Waals surface area contributed by atoms with Gasteiger partial charge in [0.25, 0.3) is 6.43 Å². The number of halogens is 2. The zero-order chi connectivity index (χ0) is 12.1. The molecule has 0 aromatic heterocycles. The lowest BCUT2D eigenvalue weighted by Crippen LogP contribution is -2.32. The van der Waals surface area contributed by atoms with Gasteiger partial charge in [-0.1, -0.05) is 6.92 Å². The van der Waals surface area contributed by atoms with E-state index in [1.807, 2.05) is 6.92 Å². The number of alkyl halides is 2. The van der Waals surface area contributed by atoms with Gasteiger partial charge in [0.2, 0.25) is 5.91 Å². The van der Waals surface area contributed by atoms with E-state index in [2.05, 4.69) is 4.74 Å². The Bertz CT molecular complexity index is 229. The summed E-state index contributed by atoms with van der Waals surface area (Å²) in [5.74, 6) is 0.222. The van der Waals surface area contributed by atoms with Crippen molar-refractivity contribution < 1.29 is 18.3 Å². The first-order valence-corrected chi connectivity index (χ1v) is 5.40. The van der Waals surface area contributed by atoms with Crippen LogP contribution in [0.3, 0.4) is 0 Å². The molecule has 0 aliphatic carbocycles. The molecule has 16 heavy (non-hydrogen) atoms. The Morgan fingerprint density at radius 3 is 2.75 bits per heavy atom. The maximum atomic E-state index is 11.7. The highest BCUT2D eigenvalue weighted by Crippen LogP contribution is 2.15. The van der Waals surface area contributed by atoms with Crippen LogP contribution in [0.15, 0.2) is 0 Å². The summed E-state index contributed by atoms with van der Waals surface area (Å²) in [4.78, 5) is 13.3. The van der Waals surface area contributed by atoms with Gasteiger partial charge in [-0.15, -0.1) is 0 Å². The third-order valence-corrected chi connectivity index (χ3v) is 2.73. The number of hydrogen-bond acceptors (Lipinski definition) is 3.